The van der Waals surface area contributed by atoms with E-state index in [4.69, 9.17) is 0 Å². The molecule has 0 saturated heterocycles. The highest BCUT2D eigenvalue weighted by atomic mass is 19.1. The lowest BCUT2D eigenvalue weighted by atomic mass is 10.2. The number of nitrogens with zero attached hydrogens (tertiary/aromatic N) is 5. The third-order valence-corrected chi connectivity index (χ3v) is 3.29. The molecule has 1 aromatic carbocycles. The van der Waals surface area contributed by atoms with Gasteiger partial charge in [-0.05, 0) is 18.2 Å². The van der Waals surface area contributed by atoms with E-state index >= 15 is 0 Å². The van der Waals surface area contributed by atoms with Gasteiger partial charge in [0.25, 0.3) is 11.3 Å². The van der Waals surface area contributed by atoms with Crippen LogP contribution >= 0.6 is 0 Å². The van der Waals surface area contributed by atoms with Crippen LogP contribution in [0.3, 0.4) is 0 Å². The van der Waals surface area contributed by atoms with Crippen molar-refractivity contribution in [1.29, 1.82) is 0 Å². The number of hydrogen-bond donors (Lipinski definition) is 0. The quantitative estimate of drug-likeness (QED) is 0.531. The summed E-state index contributed by atoms with van der Waals surface area (Å²) in [4.78, 5) is 20.6. The fraction of sp³-hybridized carbons (Fsp3) is 0. The maximum Gasteiger partial charge on any atom is 0.266 e. The summed E-state index contributed by atoms with van der Waals surface area (Å²) >= 11 is 0. The Balaban J connectivity index is 2.10. The summed E-state index contributed by atoms with van der Waals surface area (Å²) in [7, 11) is 0. The minimum absolute atomic E-state index is 0.197. The number of halogens is 1. The second-order valence-corrected chi connectivity index (χ2v) is 4.47. The minimum Gasteiger partial charge on any atom is -0.281 e. The van der Waals surface area contributed by atoms with Crippen molar-refractivity contribution in [3.63, 3.8) is 0 Å². The van der Waals surface area contributed by atoms with Gasteiger partial charge >= 0.3 is 0 Å². The Morgan fingerprint density at radius 3 is 2.81 bits per heavy atom. The maximum absolute atomic E-state index is 13.9. The second kappa shape index (κ2) is 4.20. The van der Waals surface area contributed by atoms with Gasteiger partial charge in [-0.15, -0.1) is 0 Å². The van der Waals surface area contributed by atoms with Crippen molar-refractivity contribution < 1.29 is 4.39 Å². The predicted molar refractivity (Wildman–Crippen MR) is 73.8 cm³/mol. The van der Waals surface area contributed by atoms with E-state index in [2.05, 4.69) is 15.1 Å². The SMILES string of the molecule is O=c1c2cnc3ncnn3c2ccn1-c1ccccc1F. The first-order valence-electron chi connectivity index (χ1n) is 6.21. The van der Waals surface area contributed by atoms with Crippen molar-refractivity contribution in [1.82, 2.24) is 24.1 Å². The highest BCUT2D eigenvalue weighted by Gasteiger charge is 2.11. The van der Waals surface area contributed by atoms with Gasteiger partial charge in [-0.2, -0.15) is 14.6 Å². The van der Waals surface area contributed by atoms with Gasteiger partial charge < -0.3 is 0 Å². The van der Waals surface area contributed by atoms with Crippen molar-refractivity contribution in [2.45, 2.75) is 0 Å². The Bertz CT molecular complexity index is 1040. The lowest BCUT2D eigenvalue weighted by molar-refractivity contribution is 0.616. The van der Waals surface area contributed by atoms with E-state index in [9.17, 15) is 9.18 Å². The van der Waals surface area contributed by atoms with Crippen LogP contribution in [0.15, 0.2) is 53.8 Å². The van der Waals surface area contributed by atoms with Crippen LogP contribution in [-0.2, 0) is 0 Å². The highest BCUT2D eigenvalue weighted by molar-refractivity contribution is 5.78. The molecule has 102 valence electrons. The van der Waals surface area contributed by atoms with Crippen LogP contribution in [0.5, 0.6) is 0 Å². The molecule has 0 saturated carbocycles. The van der Waals surface area contributed by atoms with Gasteiger partial charge in [0.05, 0.1) is 16.6 Å². The molecule has 3 aromatic heterocycles. The molecule has 4 aromatic rings. The van der Waals surface area contributed by atoms with Gasteiger partial charge in [-0.3, -0.25) is 9.36 Å². The zero-order valence-corrected chi connectivity index (χ0v) is 10.6. The monoisotopic (exact) mass is 281 g/mol. The van der Waals surface area contributed by atoms with Crippen molar-refractivity contribution >= 4 is 16.7 Å². The van der Waals surface area contributed by atoms with E-state index in [0.717, 1.165) is 0 Å². The standard InChI is InChI=1S/C14H8FN5O/c15-10-3-1-2-4-12(10)19-6-5-11-9(13(19)21)7-16-14-17-8-18-20(11)14/h1-8H. The van der Waals surface area contributed by atoms with Gasteiger partial charge in [-0.25, -0.2) is 9.37 Å². The number of fused-ring (bicyclic) bond motifs is 3. The molecule has 0 radical (unpaired) electrons. The Labute approximate surface area is 117 Å². The van der Waals surface area contributed by atoms with Crippen molar-refractivity contribution in [2.75, 3.05) is 0 Å². The third kappa shape index (κ3) is 1.64. The molecular formula is C14H8FN5O. The molecule has 3 heterocycles. The molecule has 0 aliphatic rings. The summed E-state index contributed by atoms with van der Waals surface area (Å²) in [6.07, 6.45) is 4.31. The Hall–Kier alpha value is -3.09. The summed E-state index contributed by atoms with van der Waals surface area (Å²) in [5.41, 5.74) is 0.417. The largest absolute Gasteiger partial charge is 0.281 e. The van der Waals surface area contributed by atoms with Crippen LogP contribution in [0.1, 0.15) is 0 Å². The molecule has 0 atom stereocenters. The van der Waals surface area contributed by atoms with Crippen LogP contribution in [0.25, 0.3) is 22.4 Å². The first kappa shape index (κ1) is 11.7. The number of rotatable bonds is 1. The van der Waals surface area contributed by atoms with Crippen molar-refractivity contribution in [3.8, 4) is 5.69 Å². The van der Waals surface area contributed by atoms with Gasteiger partial charge in [0.1, 0.15) is 12.1 Å². The molecule has 0 aliphatic carbocycles. The van der Waals surface area contributed by atoms with Gasteiger partial charge in [0.2, 0.25) is 0 Å². The zero-order chi connectivity index (χ0) is 14.4. The summed E-state index contributed by atoms with van der Waals surface area (Å²) in [5.74, 6) is -0.0562. The predicted octanol–water partition coefficient (Wildman–Crippen LogP) is 1.57. The third-order valence-electron chi connectivity index (χ3n) is 3.29. The number of hydrogen-bond acceptors (Lipinski definition) is 4. The smallest absolute Gasteiger partial charge is 0.266 e. The minimum atomic E-state index is -0.464. The molecule has 7 heteroatoms. The van der Waals surface area contributed by atoms with E-state index in [1.54, 1.807) is 24.3 Å². The van der Waals surface area contributed by atoms with Crippen LogP contribution < -0.4 is 5.56 Å². The molecule has 0 spiro atoms. The van der Waals surface area contributed by atoms with Crippen molar-refractivity contribution in [3.05, 3.63) is 65.2 Å². The molecule has 0 N–H and O–H groups in total. The topological polar surface area (TPSA) is 65.1 Å². The molecular weight excluding hydrogens is 273 g/mol. The Morgan fingerprint density at radius 1 is 1.10 bits per heavy atom. The highest BCUT2D eigenvalue weighted by Crippen LogP contribution is 2.14. The lowest BCUT2D eigenvalue weighted by Gasteiger charge is -2.08. The molecule has 0 amide bonds. The fourth-order valence-corrected chi connectivity index (χ4v) is 2.30. The summed E-state index contributed by atoms with van der Waals surface area (Å²) in [6, 6.07) is 7.79. The molecule has 6 nitrogen and oxygen atoms in total. The summed E-state index contributed by atoms with van der Waals surface area (Å²) in [6.45, 7) is 0. The van der Waals surface area contributed by atoms with Crippen LogP contribution in [-0.4, -0.2) is 24.1 Å². The number of para-hydroxylation sites is 1. The van der Waals surface area contributed by atoms with E-state index in [0.29, 0.717) is 16.7 Å². The van der Waals surface area contributed by atoms with Crippen LogP contribution in [0.2, 0.25) is 0 Å². The molecule has 0 aliphatic heterocycles. The zero-order valence-electron chi connectivity index (χ0n) is 10.6. The lowest BCUT2D eigenvalue weighted by Crippen LogP contribution is -2.19. The van der Waals surface area contributed by atoms with E-state index in [1.807, 2.05) is 0 Å². The van der Waals surface area contributed by atoms with Crippen LogP contribution in [0.4, 0.5) is 4.39 Å². The van der Waals surface area contributed by atoms with Gasteiger partial charge in [0, 0.05) is 12.4 Å². The summed E-state index contributed by atoms with van der Waals surface area (Å²) in [5, 5.41) is 4.37. The summed E-state index contributed by atoms with van der Waals surface area (Å²) < 4.78 is 16.6. The average molecular weight is 281 g/mol. The normalized spacial score (nSPS) is 11.3. The van der Waals surface area contributed by atoms with Crippen LogP contribution in [0, 0.1) is 5.82 Å². The Kier molecular flexibility index (Phi) is 2.34. The van der Waals surface area contributed by atoms with Gasteiger partial charge in [-0.1, -0.05) is 12.1 Å². The molecule has 21 heavy (non-hydrogen) atoms. The first-order chi connectivity index (χ1) is 10.3. The van der Waals surface area contributed by atoms with E-state index in [-0.39, 0.29) is 11.2 Å². The average Bonchev–Trinajstić information content (AvgIpc) is 2.97. The molecule has 0 bridgehead atoms. The maximum atomic E-state index is 13.9. The number of benzene rings is 1. The van der Waals surface area contributed by atoms with E-state index < -0.39 is 5.82 Å². The Morgan fingerprint density at radius 2 is 1.95 bits per heavy atom. The van der Waals surface area contributed by atoms with Gasteiger partial charge in [0.15, 0.2) is 0 Å². The van der Waals surface area contributed by atoms with E-state index in [1.165, 1.54) is 33.9 Å². The first-order valence-corrected chi connectivity index (χ1v) is 6.21. The van der Waals surface area contributed by atoms with Crippen molar-refractivity contribution in [2.24, 2.45) is 0 Å². The second-order valence-electron chi connectivity index (χ2n) is 4.47. The number of pyridine rings is 1. The molecule has 4 rings (SSSR count). The molecule has 0 unspecified atom stereocenters. The fourth-order valence-electron chi connectivity index (χ4n) is 2.30. The number of aromatic nitrogens is 5. The molecule has 0 fully saturated rings.